The van der Waals surface area contributed by atoms with Gasteiger partial charge in [0.1, 0.15) is 16.2 Å². The summed E-state index contributed by atoms with van der Waals surface area (Å²) in [6.45, 7) is 10.00. The van der Waals surface area contributed by atoms with Gasteiger partial charge in [-0.2, -0.15) is 0 Å². The Labute approximate surface area is 139 Å². The van der Waals surface area contributed by atoms with E-state index >= 15 is 0 Å². The number of nitrogens with zero attached hydrogens (tertiary/aromatic N) is 4. The lowest BCUT2D eigenvalue weighted by Crippen LogP contribution is -2.38. The second-order valence-electron chi connectivity index (χ2n) is 6.69. The fourth-order valence-electron chi connectivity index (χ4n) is 2.27. The molecule has 0 radical (unpaired) electrons. The lowest BCUT2D eigenvalue weighted by molar-refractivity contribution is 0.399. The summed E-state index contributed by atoms with van der Waals surface area (Å²) in [4.78, 5) is 33.7. The van der Waals surface area contributed by atoms with Crippen molar-refractivity contribution in [2.24, 2.45) is 19.5 Å². The highest BCUT2D eigenvalue weighted by Crippen LogP contribution is 2.25. The topological polar surface area (TPSA) is 69.8 Å². The predicted molar refractivity (Wildman–Crippen MR) is 94.1 cm³/mol. The smallest absolute Gasteiger partial charge is 0.280 e. The molecule has 0 fully saturated rings. The van der Waals surface area contributed by atoms with Gasteiger partial charge in [0.25, 0.3) is 5.56 Å². The number of hydrogen-bond donors (Lipinski definition) is 0. The van der Waals surface area contributed by atoms with Crippen molar-refractivity contribution < 1.29 is 0 Å². The third kappa shape index (κ3) is 3.55. The fraction of sp³-hybridized carbons (Fsp3) is 0.500. The lowest BCUT2D eigenvalue weighted by Gasteiger charge is -2.18. The van der Waals surface area contributed by atoms with Gasteiger partial charge in [-0.3, -0.25) is 13.9 Å². The number of aryl methyl sites for hydroxylation is 1. The Hall–Kier alpha value is -1.89. The molecule has 6 nitrogen and oxygen atoms in total. The molecular weight excluding hydrogens is 312 g/mol. The van der Waals surface area contributed by atoms with Crippen LogP contribution in [0, 0.1) is 5.41 Å². The van der Waals surface area contributed by atoms with E-state index in [0.717, 1.165) is 4.57 Å². The minimum Gasteiger partial charge on any atom is -0.280 e. The van der Waals surface area contributed by atoms with Gasteiger partial charge in [-0.05, 0) is 5.41 Å². The number of aromatic nitrogens is 4. The standard InChI is InChI=1S/C16H22N4O2S/c1-7-8-23-13-11-12(17-10(18-13)9-16(2,3)4)19(5)15(22)20(6)14(11)21/h7H,1,8-9H2,2-6H3. The van der Waals surface area contributed by atoms with Crippen LogP contribution in [0.5, 0.6) is 0 Å². The molecule has 0 saturated carbocycles. The summed E-state index contributed by atoms with van der Waals surface area (Å²) in [5.74, 6) is 1.27. The van der Waals surface area contributed by atoms with Gasteiger partial charge in [0.15, 0.2) is 5.65 Å². The number of fused-ring (bicyclic) bond motifs is 1. The highest BCUT2D eigenvalue weighted by Gasteiger charge is 2.20. The minimum atomic E-state index is -0.387. The monoisotopic (exact) mass is 334 g/mol. The van der Waals surface area contributed by atoms with Crippen LogP contribution in [0.15, 0.2) is 27.3 Å². The molecular formula is C16H22N4O2S. The maximum Gasteiger partial charge on any atom is 0.332 e. The van der Waals surface area contributed by atoms with Crippen LogP contribution in [0.25, 0.3) is 11.0 Å². The van der Waals surface area contributed by atoms with Gasteiger partial charge in [-0.1, -0.05) is 26.8 Å². The van der Waals surface area contributed by atoms with Gasteiger partial charge in [0.05, 0.1) is 0 Å². The first kappa shape index (κ1) is 17.5. The number of hydrogen-bond acceptors (Lipinski definition) is 5. The van der Waals surface area contributed by atoms with Crippen molar-refractivity contribution in [2.45, 2.75) is 32.2 Å². The van der Waals surface area contributed by atoms with Crippen molar-refractivity contribution in [1.82, 2.24) is 19.1 Å². The molecule has 0 atom stereocenters. The zero-order valence-corrected chi connectivity index (χ0v) is 15.0. The molecule has 0 aliphatic heterocycles. The summed E-state index contributed by atoms with van der Waals surface area (Å²) in [7, 11) is 3.09. The van der Waals surface area contributed by atoms with Crippen molar-refractivity contribution in [3.8, 4) is 0 Å². The van der Waals surface area contributed by atoms with Crippen LogP contribution in [0.2, 0.25) is 0 Å². The summed E-state index contributed by atoms with van der Waals surface area (Å²) in [6.07, 6.45) is 2.42. The lowest BCUT2D eigenvalue weighted by atomic mass is 9.92. The Morgan fingerprint density at radius 2 is 1.83 bits per heavy atom. The molecule has 7 heteroatoms. The second-order valence-corrected chi connectivity index (χ2v) is 7.70. The maximum atomic E-state index is 12.5. The average molecular weight is 334 g/mol. The first-order valence-corrected chi connectivity index (χ1v) is 8.34. The minimum absolute atomic E-state index is 0.00661. The summed E-state index contributed by atoms with van der Waals surface area (Å²) in [5.41, 5.74) is -0.356. The Morgan fingerprint density at radius 1 is 1.17 bits per heavy atom. The predicted octanol–water partition coefficient (Wildman–Crippen LogP) is 1.89. The SMILES string of the molecule is C=CCSc1nc(CC(C)(C)C)nc2c1c(=O)n(C)c(=O)n2C. The van der Waals surface area contributed by atoms with Crippen LogP contribution in [0.3, 0.4) is 0 Å². The zero-order chi connectivity index (χ0) is 17.4. The molecule has 0 spiro atoms. The first-order valence-electron chi connectivity index (χ1n) is 7.36. The Morgan fingerprint density at radius 3 is 2.39 bits per heavy atom. The fourth-order valence-corrected chi connectivity index (χ4v) is 3.04. The quantitative estimate of drug-likeness (QED) is 0.485. The molecule has 2 aromatic rings. The van der Waals surface area contributed by atoms with Crippen molar-refractivity contribution in [2.75, 3.05) is 5.75 Å². The Kier molecular flexibility index (Phi) is 4.79. The molecule has 0 aliphatic rings. The second kappa shape index (κ2) is 6.31. The summed E-state index contributed by atoms with van der Waals surface area (Å²) < 4.78 is 2.50. The first-order chi connectivity index (χ1) is 10.7. The molecule has 2 rings (SSSR count). The normalized spacial score (nSPS) is 11.9. The van der Waals surface area contributed by atoms with E-state index in [1.54, 1.807) is 13.1 Å². The summed E-state index contributed by atoms with van der Waals surface area (Å²) in [5, 5.41) is 0.990. The van der Waals surface area contributed by atoms with Crippen LogP contribution in [0.1, 0.15) is 26.6 Å². The Bertz CT molecular complexity index is 875. The van der Waals surface area contributed by atoms with Gasteiger partial charge >= 0.3 is 5.69 Å². The van der Waals surface area contributed by atoms with Crippen molar-refractivity contribution >= 4 is 22.8 Å². The zero-order valence-electron chi connectivity index (χ0n) is 14.2. The summed E-state index contributed by atoms with van der Waals surface area (Å²) >= 11 is 1.43. The maximum absolute atomic E-state index is 12.5. The van der Waals surface area contributed by atoms with E-state index in [9.17, 15) is 9.59 Å². The van der Waals surface area contributed by atoms with Crippen molar-refractivity contribution in [3.05, 3.63) is 39.3 Å². The van der Waals surface area contributed by atoms with Crippen LogP contribution < -0.4 is 11.2 Å². The van der Waals surface area contributed by atoms with Gasteiger partial charge < -0.3 is 0 Å². The van der Waals surface area contributed by atoms with Crippen LogP contribution >= 0.6 is 11.8 Å². The van der Waals surface area contributed by atoms with E-state index in [-0.39, 0.29) is 16.7 Å². The molecule has 0 bridgehead atoms. The van der Waals surface area contributed by atoms with Gasteiger partial charge in [-0.15, -0.1) is 18.3 Å². The van der Waals surface area contributed by atoms with E-state index in [1.165, 1.54) is 23.4 Å². The molecule has 2 heterocycles. The third-order valence-corrected chi connectivity index (χ3v) is 4.31. The van der Waals surface area contributed by atoms with Crippen LogP contribution in [-0.4, -0.2) is 24.9 Å². The van der Waals surface area contributed by atoms with E-state index in [2.05, 4.69) is 37.3 Å². The van der Waals surface area contributed by atoms with E-state index in [1.807, 2.05) is 0 Å². The molecule has 0 aromatic carbocycles. The van der Waals surface area contributed by atoms with Gasteiger partial charge in [0.2, 0.25) is 0 Å². The molecule has 0 unspecified atom stereocenters. The van der Waals surface area contributed by atoms with Gasteiger partial charge in [-0.25, -0.2) is 14.8 Å². The van der Waals surface area contributed by atoms with Gasteiger partial charge in [0, 0.05) is 26.3 Å². The van der Waals surface area contributed by atoms with E-state index in [4.69, 9.17) is 0 Å². The number of rotatable bonds is 4. The molecule has 23 heavy (non-hydrogen) atoms. The average Bonchev–Trinajstić information content (AvgIpc) is 2.46. The van der Waals surface area contributed by atoms with Crippen molar-refractivity contribution in [1.29, 1.82) is 0 Å². The van der Waals surface area contributed by atoms with Crippen LogP contribution in [0.4, 0.5) is 0 Å². The van der Waals surface area contributed by atoms with Crippen LogP contribution in [-0.2, 0) is 20.5 Å². The highest BCUT2D eigenvalue weighted by atomic mass is 32.2. The van der Waals surface area contributed by atoms with E-state index < -0.39 is 0 Å². The third-order valence-electron chi connectivity index (χ3n) is 3.34. The van der Waals surface area contributed by atoms with Crippen molar-refractivity contribution in [3.63, 3.8) is 0 Å². The Balaban J connectivity index is 2.84. The highest BCUT2D eigenvalue weighted by molar-refractivity contribution is 7.99. The molecule has 2 aromatic heterocycles. The molecule has 0 saturated heterocycles. The molecule has 124 valence electrons. The largest absolute Gasteiger partial charge is 0.332 e. The molecule has 0 N–H and O–H groups in total. The summed E-state index contributed by atoms with van der Waals surface area (Å²) in [6, 6.07) is 0. The molecule has 0 amide bonds. The van der Waals surface area contributed by atoms with E-state index in [0.29, 0.717) is 34.1 Å². The number of thioether (sulfide) groups is 1. The molecule has 0 aliphatic carbocycles.